The van der Waals surface area contributed by atoms with Crippen molar-refractivity contribution in [2.75, 3.05) is 13.2 Å². The van der Waals surface area contributed by atoms with Gasteiger partial charge in [0, 0.05) is 18.7 Å². The summed E-state index contributed by atoms with van der Waals surface area (Å²) in [7, 11) is 0. The first kappa shape index (κ1) is 12.5. The van der Waals surface area contributed by atoms with Crippen molar-refractivity contribution < 1.29 is 13.9 Å². The molecule has 0 radical (unpaired) electrons. The Bertz CT molecular complexity index is 381. The number of hydrogen-bond donors (Lipinski definition) is 1. The molecule has 17 heavy (non-hydrogen) atoms. The van der Waals surface area contributed by atoms with Gasteiger partial charge < -0.3 is 14.8 Å². The van der Waals surface area contributed by atoms with Gasteiger partial charge in [0.05, 0.1) is 12.7 Å². The normalized spacial score (nSPS) is 22.9. The quantitative estimate of drug-likeness (QED) is 0.872. The van der Waals surface area contributed by atoms with Gasteiger partial charge in [-0.25, -0.2) is 4.39 Å². The Hall–Kier alpha value is -0.970. The molecule has 0 saturated carbocycles. The first-order valence-corrected chi connectivity index (χ1v) is 5.83. The van der Waals surface area contributed by atoms with Crippen LogP contribution in [0.3, 0.4) is 0 Å². The van der Waals surface area contributed by atoms with Gasteiger partial charge in [-0.3, -0.25) is 0 Å². The largest absolute Gasteiger partial charge is 0.348 e. The predicted octanol–water partition coefficient (Wildman–Crippen LogP) is 2.07. The lowest BCUT2D eigenvalue weighted by molar-refractivity contribution is -0.137. The standard InChI is InChI=1S/C13H18FNO2/c1-13(2)16-9-11(17-13)8-15-7-10-5-3-4-6-12(10)14/h3-6,11,15H,7-9H2,1-2H3. The summed E-state index contributed by atoms with van der Waals surface area (Å²) in [5.41, 5.74) is 0.672. The number of ether oxygens (including phenoxy) is 2. The molecule has 0 aromatic heterocycles. The number of benzene rings is 1. The molecule has 1 saturated heterocycles. The minimum atomic E-state index is -0.496. The third kappa shape index (κ3) is 3.49. The third-order valence-electron chi connectivity index (χ3n) is 2.71. The monoisotopic (exact) mass is 239 g/mol. The van der Waals surface area contributed by atoms with Gasteiger partial charge in [0.1, 0.15) is 5.82 Å². The summed E-state index contributed by atoms with van der Waals surface area (Å²) in [5.74, 6) is -0.673. The Balaban J connectivity index is 1.76. The molecule has 0 spiro atoms. The van der Waals surface area contributed by atoms with Crippen molar-refractivity contribution in [1.82, 2.24) is 5.32 Å². The van der Waals surface area contributed by atoms with E-state index >= 15 is 0 Å². The lowest BCUT2D eigenvalue weighted by atomic mass is 10.2. The van der Waals surface area contributed by atoms with Crippen LogP contribution in [0.1, 0.15) is 19.4 Å². The second-order valence-corrected chi connectivity index (χ2v) is 4.67. The van der Waals surface area contributed by atoms with E-state index in [0.29, 0.717) is 25.3 Å². The van der Waals surface area contributed by atoms with Crippen LogP contribution in [-0.2, 0) is 16.0 Å². The highest BCUT2D eigenvalue weighted by atomic mass is 19.1. The van der Waals surface area contributed by atoms with E-state index in [-0.39, 0.29) is 11.9 Å². The maximum Gasteiger partial charge on any atom is 0.163 e. The van der Waals surface area contributed by atoms with Gasteiger partial charge in [-0.15, -0.1) is 0 Å². The highest BCUT2D eigenvalue weighted by Crippen LogP contribution is 2.21. The molecule has 3 nitrogen and oxygen atoms in total. The maximum absolute atomic E-state index is 13.3. The van der Waals surface area contributed by atoms with Gasteiger partial charge in [-0.1, -0.05) is 18.2 Å². The Morgan fingerprint density at radius 3 is 2.82 bits per heavy atom. The zero-order valence-corrected chi connectivity index (χ0v) is 10.2. The van der Waals surface area contributed by atoms with E-state index in [4.69, 9.17) is 9.47 Å². The van der Waals surface area contributed by atoms with E-state index in [1.165, 1.54) is 6.07 Å². The van der Waals surface area contributed by atoms with Gasteiger partial charge >= 0.3 is 0 Å². The molecule has 1 unspecified atom stereocenters. The Kier molecular flexibility index (Phi) is 3.76. The fraction of sp³-hybridized carbons (Fsp3) is 0.538. The molecule has 1 aromatic carbocycles. The van der Waals surface area contributed by atoms with Crippen LogP contribution in [0.2, 0.25) is 0 Å². The van der Waals surface area contributed by atoms with Crippen LogP contribution in [-0.4, -0.2) is 25.0 Å². The molecule has 94 valence electrons. The molecule has 1 atom stereocenters. The first-order chi connectivity index (χ1) is 8.07. The van der Waals surface area contributed by atoms with E-state index in [9.17, 15) is 4.39 Å². The molecule has 0 amide bonds. The molecule has 1 aliphatic rings. The van der Waals surface area contributed by atoms with Gasteiger partial charge in [0.25, 0.3) is 0 Å². The van der Waals surface area contributed by atoms with E-state index in [2.05, 4.69) is 5.32 Å². The number of halogens is 1. The summed E-state index contributed by atoms with van der Waals surface area (Å²) in [6, 6.07) is 6.77. The molecule has 1 heterocycles. The second-order valence-electron chi connectivity index (χ2n) is 4.67. The van der Waals surface area contributed by atoms with Gasteiger partial charge in [0.15, 0.2) is 5.79 Å². The molecule has 0 bridgehead atoms. The average Bonchev–Trinajstić information content (AvgIpc) is 2.61. The van der Waals surface area contributed by atoms with Crippen molar-refractivity contribution >= 4 is 0 Å². The summed E-state index contributed by atoms with van der Waals surface area (Å²) in [5, 5.41) is 3.18. The second kappa shape index (κ2) is 5.12. The number of hydrogen-bond acceptors (Lipinski definition) is 3. The molecule has 4 heteroatoms. The fourth-order valence-electron chi connectivity index (χ4n) is 1.87. The molecule has 1 aliphatic heterocycles. The first-order valence-electron chi connectivity index (χ1n) is 5.83. The van der Waals surface area contributed by atoms with Crippen LogP contribution >= 0.6 is 0 Å². The predicted molar refractivity (Wildman–Crippen MR) is 63.0 cm³/mol. The van der Waals surface area contributed by atoms with Gasteiger partial charge in [0.2, 0.25) is 0 Å². The summed E-state index contributed by atoms with van der Waals surface area (Å²) in [6.45, 7) is 5.54. The molecule has 0 aliphatic carbocycles. The van der Waals surface area contributed by atoms with Crippen LogP contribution < -0.4 is 5.32 Å². The highest BCUT2D eigenvalue weighted by molar-refractivity contribution is 5.16. The van der Waals surface area contributed by atoms with Crippen LogP contribution in [0, 0.1) is 5.82 Å². The molecule has 1 fully saturated rings. The van der Waals surface area contributed by atoms with E-state index < -0.39 is 5.79 Å². The Labute approximate surface area is 101 Å². The molecule has 1 aromatic rings. The lowest BCUT2D eigenvalue weighted by Gasteiger charge is -2.17. The minimum Gasteiger partial charge on any atom is -0.348 e. The van der Waals surface area contributed by atoms with Crippen LogP contribution in [0.5, 0.6) is 0 Å². The van der Waals surface area contributed by atoms with Crippen LogP contribution in [0.4, 0.5) is 4.39 Å². The van der Waals surface area contributed by atoms with E-state index in [1.54, 1.807) is 12.1 Å². The summed E-state index contributed by atoms with van der Waals surface area (Å²) in [6.07, 6.45) is 0.0387. The van der Waals surface area contributed by atoms with Crippen molar-refractivity contribution in [3.63, 3.8) is 0 Å². The van der Waals surface area contributed by atoms with Gasteiger partial charge in [-0.2, -0.15) is 0 Å². The zero-order chi connectivity index (χ0) is 12.3. The van der Waals surface area contributed by atoms with Crippen LogP contribution in [0.15, 0.2) is 24.3 Å². The average molecular weight is 239 g/mol. The van der Waals surface area contributed by atoms with Crippen molar-refractivity contribution in [3.8, 4) is 0 Å². The fourth-order valence-corrected chi connectivity index (χ4v) is 1.87. The minimum absolute atomic E-state index is 0.0387. The Morgan fingerprint density at radius 1 is 1.41 bits per heavy atom. The smallest absolute Gasteiger partial charge is 0.163 e. The summed E-state index contributed by atoms with van der Waals surface area (Å²) in [4.78, 5) is 0. The third-order valence-corrected chi connectivity index (χ3v) is 2.71. The summed E-state index contributed by atoms with van der Waals surface area (Å²) < 4.78 is 24.4. The highest BCUT2D eigenvalue weighted by Gasteiger charge is 2.32. The van der Waals surface area contributed by atoms with Gasteiger partial charge in [-0.05, 0) is 19.9 Å². The van der Waals surface area contributed by atoms with Crippen molar-refractivity contribution in [1.29, 1.82) is 0 Å². The Morgan fingerprint density at radius 2 is 2.18 bits per heavy atom. The lowest BCUT2D eigenvalue weighted by Crippen LogP contribution is -2.30. The van der Waals surface area contributed by atoms with E-state index in [0.717, 1.165) is 0 Å². The topological polar surface area (TPSA) is 30.5 Å². The molecule has 1 N–H and O–H groups in total. The maximum atomic E-state index is 13.3. The van der Waals surface area contributed by atoms with Crippen molar-refractivity contribution in [2.45, 2.75) is 32.3 Å². The zero-order valence-electron chi connectivity index (χ0n) is 10.2. The van der Waals surface area contributed by atoms with Crippen molar-refractivity contribution in [3.05, 3.63) is 35.6 Å². The summed E-state index contributed by atoms with van der Waals surface area (Å²) >= 11 is 0. The molecular formula is C13H18FNO2. The molecular weight excluding hydrogens is 221 g/mol. The molecule has 2 rings (SSSR count). The van der Waals surface area contributed by atoms with E-state index in [1.807, 2.05) is 19.9 Å². The number of nitrogens with one attached hydrogen (secondary N) is 1. The van der Waals surface area contributed by atoms with Crippen LogP contribution in [0.25, 0.3) is 0 Å². The SMILES string of the molecule is CC1(C)OCC(CNCc2ccccc2F)O1. The number of rotatable bonds is 4. The van der Waals surface area contributed by atoms with Crippen molar-refractivity contribution in [2.24, 2.45) is 0 Å².